The Hall–Kier alpha value is -0.940. The van der Waals surface area contributed by atoms with Crippen LogP contribution >= 0.6 is 15.9 Å². The van der Waals surface area contributed by atoms with E-state index in [-0.39, 0.29) is 5.91 Å². The minimum Gasteiger partial charge on any atom is -0.365 e. The first kappa shape index (κ1) is 12.5. The minimum absolute atomic E-state index is 0.121. The Bertz CT molecular complexity index is 442. The number of carbonyl (C=O) groups excluding carboxylic acids is 1. The largest absolute Gasteiger partial charge is 0.365 e. The van der Waals surface area contributed by atoms with Crippen molar-refractivity contribution in [3.63, 3.8) is 0 Å². The van der Waals surface area contributed by atoms with Crippen LogP contribution in [0.15, 0.2) is 16.6 Å². The summed E-state index contributed by atoms with van der Waals surface area (Å²) < 4.78 is 6.41. The monoisotopic (exact) mass is 298 g/mol. The van der Waals surface area contributed by atoms with Crippen molar-refractivity contribution in [1.82, 2.24) is 4.98 Å². The van der Waals surface area contributed by atoms with Crippen molar-refractivity contribution in [2.24, 2.45) is 0 Å². The van der Waals surface area contributed by atoms with Gasteiger partial charge in [0.1, 0.15) is 11.4 Å². The van der Waals surface area contributed by atoms with Crippen LogP contribution in [0.4, 0.5) is 5.82 Å². The number of anilines is 1. The third-order valence-corrected chi connectivity index (χ3v) is 3.80. The van der Waals surface area contributed by atoms with Crippen LogP contribution in [0.3, 0.4) is 0 Å². The molecule has 1 saturated heterocycles. The maximum absolute atomic E-state index is 12.0. The first-order chi connectivity index (χ1) is 8.01. The van der Waals surface area contributed by atoms with Gasteiger partial charge in [0.25, 0.3) is 5.91 Å². The van der Waals surface area contributed by atoms with Gasteiger partial charge >= 0.3 is 0 Å². The van der Waals surface area contributed by atoms with Crippen LogP contribution in [0.2, 0.25) is 0 Å². The molecule has 1 aliphatic heterocycles. The molecule has 0 spiro atoms. The zero-order valence-corrected chi connectivity index (χ0v) is 11.5. The van der Waals surface area contributed by atoms with E-state index < -0.39 is 5.60 Å². The summed E-state index contributed by atoms with van der Waals surface area (Å²) in [5, 5.41) is 2.80. The number of amides is 1. The van der Waals surface area contributed by atoms with Gasteiger partial charge in [-0.3, -0.25) is 4.79 Å². The lowest BCUT2D eigenvalue weighted by Crippen LogP contribution is -2.39. The van der Waals surface area contributed by atoms with Crippen molar-refractivity contribution >= 4 is 27.7 Å². The van der Waals surface area contributed by atoms with Crippen LogP contribution in [0.25, 0.3) is 0 Å². The van der Waals surface area contributed by atoms with Crippen LogP contribution in [-0.4, -0.2) is 23.1 Å². The molecule has 1 aliphatic rings. The number of hydrogen-bond donors (Lipinski definition) is 1. The molecular weight excluding hydrogens is 284 g/mol. The number of halogens is 1. The highest BCUT2D eigenvalue weighted by Gasteiger charge is 2.37. The van der Waals surface area contributed by atoms with Gasteiger partial charge in [0.15, 0.2) is 0 Å². The Labute approximate surface area is 109 Å². The maximum atomic E-state index is 12.0. The second-order valence-corrected chi connectivity index (χ2v) is 5.26. The van der Waals surface area contributed by atoms with Crippen molar-refractivity contribution in [1.29, 1.82) is 0 Å². The molecule has 0 radical (unpaired) electrons. The number of carbonyl (C=O) groups is 1. The molecule has 17 heavy (non-hydrogen) atoms. The lowest BCUT2D eigenvalue weighted by molar-refractivity contribution is -0.133. The summed E-state index contributed by atoms with van der Waals surface area (Å²) in [6.07, 6.45) is 1.69. The second-order valence-electron chi connectivity index (χ2n) is 4.40. The molecule has 1 unspecified atom stereocenters. The van der Waals surface area contributed by atoms with Crippen molar-refractivity contribution in [3.05, 3.63) is 22.3 Å². The smallest absolute Gasteiger partial charge is 0.257 e. The zero-order chi connectivity index (χ0) is 12.5. The Kier molecular flexibility index (Phi) is 3.49. The summed E-state index contributed by atoms with van der Waals surface area (Å²) in [6, 6.07) is 3.64. The molecule has 4 nitrogen and oxygen atoms in total. The number of aryl methyl sites for hydroxylation is 1. The molecule has 0 saturated carbocycles. The average molecular weight is 299 g/mol. The number of nitrogens with one attached hydrogen (secondary N) is 1. The van der Waals surface area contributed by atoms with Gasteiger partial charge in [0, 0.05) is 11.1 Å². The summed E-state index contributed by atoms with van der Waals surface area (Å²) in [5.41, 5.74) is 0.142. The second kappa shape index (κ2) is 4.74. The van der Waals surface area contributed by atoms with E-state index in [0.29, 0.717) is 12.4 Å². The Balaban J connectivity index is 2.10. The summed E-state index contributed by atoms with van der Waals surface area (Å²) in [5.74, 6) is 0.441. The van der Waals surface area contributed by atoms with E-state index in [2.05, 4.69) is 26.2 Å². The number of nitrogens with zero attached hydrogens (tertiary/aromatic N) is 1. The molecule has 5 heteroatoms. The van der Waals surface area contributed by atoms with Crippen LogP contribution in [0.5, 0.6) is 0 Å². The Morgan fingerprint density at radius 1 is 1.59 bits per heavy atom. The predicted octanol–water partition coefficient (Wildman–Crippen LogP) is 2.66. The quantitative estimate of drug-likeness (QED) is 0.913. The third kappa shape index (κ3) is 2.66. The fraction of sp³-hybridized carbons (Fsp3) is 0.500. The molecular formula is C12H15BrN2O2. The van der Waals surface area contributed by atoms with Gasteiger partial charge < -0.3 is 10.1 Å². The van der Waals surface area contributed by atoms with Crippen molar-refractivity contribution in [2.75, 3.05) is 11.9 Å². The molecule has 0 aliphatic carbocycles. The molecule has 1 atom stereocenters. The standard InChI is InChI=1S/C12H15BrN2O2/c1-8-9(13)4-5-10(14-8)15-11(16)12(2)6-3-7-17-12/h4-5H,3,6-7H2,1-2H3,(H,14,15,16). The number of hydrogen-bond acceptors (Lipinski definition) is 3. The maximum Gasteiger partial charge on any atom is 0.257 e. The van der Waals surface area contributed by atoms with Crippen molar-refractivity contribution in [2.45, 2.75) is 32.3 Å². The van der Waals surface area contributed by atoms with Crippen molar-refractivity contribution in [3.8, 4) is 0 Å². The molecule has 0 bridgehead atoms. The normalized spacial score (nSPS) is 23.7. The van der Waals surface area contributed by atoms with Crippen LogP contribution in [0.1, 0.15) is 25.5 Å². The average Bonchev–Trinajstić information content (AvgIpc) is 2.72. The number of aromatic nitrogens is 1. The fourth-order valence-corrected chi connectivity index (χ4v) is 2.04. The van der Waals surface area contributed by atoms with Gasteiger partial charge in [-0.25, -0.2) is 4.98 Å². The highest BCUT2D eigenvalue weighted by atomic mass is 79.9. The SMILES string of the molecule is Cc1nc(NC(=O)C2(C)CCCO2)ccc1Br. The van der Waals surface area contributed by atoms with E-state index in [9.17, 15) is 4.79 Å². The van der Waals surface area contributed by atoms with Gasteiger partial charge in [-0.2, -0.15) is 0 Å². The number of pyridine rings is 1. The highest BCUT2D eigenvalue weighted by molar-refractivity contribution is 9.10. The molecule has 1 aromatic rings. The Morgan fingerprint density at radius 2 is 2.35 bits per heavy atom. The topological polar surface area (TPSA) is 51.2 Å². The summed E-state index contributed by atoms with van der Waals surface area (Å²) in [4.78, 5) is 16.3. The highest BCUT2D eigenvalue weighted by Crippen LogP contribution is 2.26. The third-order valence-electron chi connectivity index (χ3n) is 2.96. The lowest BCUT2D eigenvalue weighted by Gasteiger charge is -2.21. The first-order valence-electron chi connectivity index (χ1n) is 5.60. The van der Waals surface area contributed by atoms with E-state index in [1.165, 1.54) is 0 Å². The van der Waals surface area contributed by atoms with Crippen molar-refractivity contribution < 1.29 is 9.53 Å². The van der Waals surface area contributed by atoms with Crippen LogP contribution < -0.4 is 5.32 Å². The van der Waals surface area contributed by atoms with E-state index in [1.807, 2.05) is 19.9 Å². The van der Waals surface area contributed by atoms with E-state index in [4.69, 9.17) is 4.74 Å². The zero-order valence-electron chi connectivity index (χ0n) is 9.92. The van der Waals surface area contributed by atoms with Crippen LogP contribution in [0, 0.1) is 6.92 Å². The number of ether oxygens (including phenoxy) is 1. The van der Waals surface area contributed by atoms with Gasteiger partial charge in [-0.05, 0) is 54.8 Å². The van der Waals surface area contributed by atoms with Gasteiger partial charge in [-0.15, -0.1) is 0 Å². The molecule has 1 amide bonds. The van der Waals surface area contributed by atoms with E-state index >= 15 is 0 Å². The Morgan fingerprint density at radius 3 is 2.94 bits per heavy atom. The van der Waals surface area contributed by atoms with E-state index in [0.717, 1.165) is 23.0 Å². The predicted molar refractivity (Wildman–Crippen MR) is 68.9 cm³/mol. The molecule has 1 N–H and O–H groups in total. The molecule has 92 valence electrons. The lowest BCUT2D eigenvalue weighted by atomic mass is 10.0. The number of rotatable bonds is 2. The van der Waals surface area contributed by atoms with Gasteiger partial charge in [-0.1, -0.05) is 0 Å². The molecule has 2 heterocycles. The molecule has 1 fully saturated rings. The summed E-state index contributed by atoms with van der Waals surface area (Å²) in [7, 11) is 0. The summed E-state index contributed by atoms with van der Waals surface area (Å²) >= 11 is 3.37. The van der Waals surface area contributed by atoms with Gasteiger partial charge in [0.05, 0.1) is 5.69 Å². The fourth-order valence-electron chi connectivity index (χ4n) is 1.82. The minimum atomic E-state index is -0.706. The van der Waals surface area contributed by atoms with E-state index in [1.54, 1.807) is 6.07 Å². The summed E-state index contributed by atoms with van der Waals surface area (Å²) in [6.45, 7) is 4.35. The first-order valence-corrected chi connectivity index (χ1v) is 6.39. The molecule has 2 rings (SSSR count). The van der Waals surface area contributed by atoms with Gasteiger partial charge in [0.2, 0.25) is 0 Å². The molecule has 1 aromatic heterocycles. The molecule has 0 aromatic carbocycles. The van der Waals surface area contributed by atoms with Crippen LogP contribution in [-0.2, 0) is 9.53 Å².